The van der Waals surface area contributed by atoms with Gasteiger partial charge in [0.1, 0.15) is 5.76 Å². The molecular weight excluding hydrogens is 340 g/mol. The molecule has 0 saturated heterocycles. The summed E-state index contributed by atoms with van der Waals surface area (Å²) in [5, 5.41) is 4.94. The van der Waals surface area contributed by atoms with Crippen molar-refractivity contribution >= 4 is 26.8 Å². The number of aromatic nitrogens is 2. The minimum atomic E-state index is -3.57. The van der Waals surface area contributed by atoms with Crippen molar-refractivity contribution in [2.24, 2.45) is 0 Å². The lowest BCUT2D eigenvalue weighted by atomic mass is 10.0. The number of benzene rings is 1. The molecule has 2 heterocycles. The fourth-order valence-electron chi connectivity index (χ4n) is 2.68. The third-order valence-electron chi connectivity index (χ3n) is 4.03. The molecule has 0 atom stereocenters. The average Bonchev–Trinajstić information content (AvgIpc) is 2.85. The van der Waals surface area contributed by atoms with Crippen LogP contribution in [0.4, 0.5) is 5.69 Å². The molecule has 7 nitrogen and oxygen atoms in total. The van der Waals surface area contributed by atoms with E-state index in [-0.39, 0.29) is 0 Å². The molecule has 3 aromatic rings. The largest absolute Gasteiger partial charge is 0.361 e. The Kier molecular flexibility index (Phi) is 4.26. The number of aryl methyl sites for hydroxylation is 3. The van der Waals surface area contributed by atoms with Gasteiger partial charge >= 0.3 is 10.2 Å². The minimum absolute atomic E-state index is 0.462. The third-order valence-corrected chi connectivity index (χ3v) is 5.49. The van der Waals surface area contributed by atoms with Gasteiger partial charge in [-0.2, -0.15) is 12.7 Å². The van der Waals surface area contributed by atoms with E-state index >= 15 is 0 Å². The van der Waals surface area contributed by atoms with Gasteiger partial charge < -0.3 is 4.52 Å². The fourth-order valence-corrected chi connectivity index (χ4v) is 3.29. The lowest BCUT2D eigenvalue weighted by Gasteiger charge is -2.14. The van der Waals surface area contributed by atoms with Crippen LogP contribution in [0.5, 0.6) is 0 Å². The van der Waals surface area contributed by atoms with Crippen molar-refractivity contribution in [3.63, 3.8) is 0 Å². The van der Waals surface area contributed by atoms with Gasteiger partial charge in [0.2, 0.25) is 0 Å². The Hall–Kier alpha value is -2.45. The second-order valence-corrected chi connectivity index (χ2v) is 8.03. The summed E-state index contributed by atoms with van der Waals surface area (Å²) >= 11 is 0. The third kappa shape index (κ3) is 3.22. The highest BCUT2D eigenvalue weighted by molar-refractivity contribution is 7.90. The Morgan fingerprint density at radius 2 is 1.84 bits per heavy atom. The van der Waals surface area contributed by atoms with Crippen LogP contribution in [0.15, 0.2) is 28.8 Å². The first-order valence-electron chi connectivity index (χ1n) is 7.74. The molecule has 1 N–H and O–H groups in total. The van der Waals surface area contributed by atoms with Crippen LogP contribution in [0.2, 0.25) is 0 Å². The fraction of sp³-hybridized carbons (Fsp3) is 0.294. The zero-order chi connectivity index (χ0) is 18.4. The monoisotopic (exact) mass is 360 g/mol. The number of hydrogen-bond acceptors (Lipinski definition) is 5. The molecule has 0 unspecified atom stereocenters. The van der Waals surface area contributed by atoms with Crippen molar-refractivity contribution in [2.45, 2.75) is 20.8 Å². The summed E-state index contributed by atoms with van der Waals surface area (Å²) < 4.78 is 32.9. The zero-order valence-electron chi connectivity index (χ0n) is 14.8. The van der Waals surface area contributed by atoms with Crippen molar-refractivity contribution < 1.29 is 12.9 Å². The quantitative estimate of drug-likeness (QED) is 0.772. The highest BCUT2D eigenvalue weighted by atomic mass is 32.2. The van der Waals surface area contributed by atoms with E-state index in [2.05, 4.69) is 14.9 Å². The number of fused-ring (bicyclic) bond motifs is 1. The molecule has 0 spiro atoms. The summed E-state index contributed by atoms with van der Waals surface area (Å²) in [5.74, 6) is 0.702. The second-order valence-electron chi connectivity index (χ2n) is 6.14. The van der Waals surface area contributed by atoms with Crippen molar-refractivity contribution in [3.05, 3.63) is 41.3 Å². The van der Waals surface area contributed by atoms with Crippen molar-refractivity contribution in [2.75, 3.05) is 18.8 Å². The van der Waals surface area contributed by atoms with Crippen molar-refractivity contribution in [1.29, 1.82) is 0 Å². The summed E-state index contributed by atoms with van der Waals surface area (Å²) in [6, 6.07) is 7.31. The van der Waals surface area contributed by atoms with Gasteiger partial charge in [0.25, 0.3) is 0 Å². The highest BCUT2D eigenvalue weighted by Crippen LogP contribution is 2.30. The molecule has 0 fully saturated rings. The van der Waals surface area contributed by atoms with E-state index in [1.165, 1.54) is 14.1 Å². The van der Waals surface area contributed by atoms with E-state index in [0.717, 1.165) is 32.2 Å². The first kappa shape index (κ1) is 17.4. The van der Waals surface area contributed by atoms with E-state index < -0.39 is 10.2 Å². The van der Waals surface area contributed by atoms with Gasteiger partial charge in [-0.3, -0.25) is 4.72 Å². The van der Waals surface area contributed by atoms with Gasteiger partial charge in [-0.15, -0.1) is 0 Å². The Balaban J connectivity index is 2.13. The van der Waals surface area contributed by atoms with Crippen LogP contribution < -0.4 is 4.72 Å². The van der Waals surface area contributed by atoms with Crippen LogP contribution in [0.25, 0.3) is 22.2 Å². The van der Waals surface area contributed by atoms with Crippen LogP contribution in [0.1, 0.15) is 17.0 Å². The van der Waals surface area contributed by atoms with E-state index in [0.29, 0.717) is 17.0 Å². The van der Waals surface area contributed by atoms with Crippen molar-refractivity contribution in [1.82, 2.24) is 14.4 Å². The molecule has 25 heavy (non-hydrogen) atoms. The van der Waals surface area contributed by atoms with Gasteiger partial charge in [-0.1, -0.05) is 11.2 Å². The zero-order valence-corrected chi connectivity index (χ0v) is 15.6. The smallest absolute Gasteiger partial charge is 0.301 e. The number of nitrogens with zero attached hydrogens (tertiary/aromatic N) is 3. The molecule has 0 aliphatic rings. The predicted octanol–water partition coefficient (Wildman–Crippen LogP) is 3.03. The molecule has 0 aliphatic heterocycles. The summed E-state index contributed by atoms with van der Waals surface area (Å²) in [4.78, 5) is 4.69. The maximum Gasteiger partial charge on any atom is 0.301 e. The molecule has 0 saturated carbocycles. The summed E-state index contributed by atoms with van der Waals surface area (Å²) in [6.45, 7) is 5.71. The Labute approximate surface area is 146 Å². The number of nitrogens with one attached hydrogen (secondary N) is 1. The van der Waals surface area contributed by atoms with Crippen LogP contribution in [0.3, 0.4) is 0 Å². The molecule has 0 bridgehead atoms. The average molecular weight is 360 g/mol. The SMILES string of the molecule is Cc1noc(C)c1-c1cc(C)c2ccc(NS(=O)(=O)N(C)C)cc2n1. The van der Waals surface area contributed by atoms with Crippen LogP contribution in [-0.4, -0.2) is 37.0 Å². The number of pyridine rings is 1. The van der Waals surface area contributed by atoms with Gasteiger partial charge in [-0.05, 0) is 44.5 Å². The van der Waals surface area contributed by atoms with Crippen LogP contribution in [0, 0.1) is 20.8 Å². The van der Waals surface area contributed by atoms with Gasteiger partial charge in [0.05, 0.1) is 28.2 Å². The summed E-state index contributed by atoms with van der Waals surface area (Å²) in [5.41, 5.74) is 4.60. The minimum Gasteiger partial charge on any atom is -0.361 e. The molecule has 0 amide bonds. The topological polar surface area (TPSA) is 88.3 Å². The molecule has 3 rings (SSSR count). The summed E-state index contributed by atoms with van der Waals surface area (Å²) in [7, 11) is -0.619. The van der Waals surface area contributed by atoms with Crippen LogP contribution >= 0.6 is 0 Å². The van der Waals surface area contributed by atoms with Gasteiger partial charge in [0, 0.05) is 19.5 Å². The maximum atomic E-state index is 12.0. The number of hydrogen-bond donors (Lipinski definition) is 1. The molecular formula is C17H20N4O3S. The Bertz CT molecular complexity index is 1040. The maximum absolute atomic E-state index is 12.0. The predicted molar refractivity (Wildman–Crippen MR) is 97.7 cm³/mol. The van der Waals surface area contributed by atoms with Crippen LogP contribution in [-0.2, 0) is 10.2 Å². The standard InChI is InChI=1S/C17H20N4O3S/c1-10-8-16(17-11(2)19-24-12(17)3)18-15-9-13(6-7-14(10)15)20-25(22,23)21(4)5/h6-9,20H,1-5H3. The lowest BCUT2D eigenvalue weighted by molar-refractivity contribution is 0.393. The lowest BCUT2D eigenvalue weighted by Crippen LogP contribution is -2.28. The Morgan fingerprint density at radius 3 is 2.44 bits per heavy atom. The first-order chi connectivity index (χ1) is 11.7. The van der Waals surface area contributed by atoms with E-state index in [1.54, 1.807) is 12.1 Å². The summed E-state index contributed by atoms with van der Waals surface area (Å²) in [6.07, 6.45) is 0. The van der Waals surface area contributed by atoms with E-state index in [9.17, 15) is 8.42 Å². The highest BCUT2D eigenvalue weighted by Gasteiger charge is 2.16. The van der Waals surface area contributed by atoms with Crippen molar-refractivity contribution in [3.8, 4) is 11.3 Å². The van der Waals surface area contributed by atoms with E-state index in [1.807, 2.05) is 32.9 Å². The second kappa shape index (κ2) is 6.12. The first-order valence-corrected chi connectivity index (χ1v) is 9.18. The van der Waals surface area contributed by atoms with E-state index in [4.69, 9.17) is 4.52 Å². The molecule has 132 valence electrons. The van der Waals surface area contributed by atoms with Gasteiger partial charge in [0.15, 0.2) is 0 Å². The molecule has 0 aliphatic carbocycles. The number of anilines is 1. The Morgan fingerprint density at radius 1 is 1.12 bits per heavy atom. The molecule has 2 aromatic heterocycles. The number of rotatable bonds is 4. The molecule has 8 heteroatoms. The molecule has 0 radical (unpaired) electrons. The normalized spacial score (nSPS) is 12.1. The molecule has 1 aromatic carbocycles. The van der Waals surface area contributed by atoms with Gasteiger partial charge in [-0.25, -0.2) is 4.98 Å².